The summed E-state index contributed by atoms with van der Waals surface area (Å²) in [6.07, 6.45) is 5.00. The standard InChI is InChI=1S/C10H16N4/c1-8(2)3-4-14-5-9-10(13-7-14)12-6-11-9/h5-6,8H,3-4,7H2,1-2H3,(H,11,12,13). The number of fused-ring (bicyclic) bond motifs is 1. The summed E-state index contributed by atoms with van der Waals surface area (Å²) >= 11 is 0. The summed E-state index contributed by atoms with van der Waals surface area (Å²) < 4.78 is 0. The molecule has 0 aliphatic carbocycles. The number of imidazole rings is 1. The van der Waals surface area contributed by atoms with Crippen molar-refractivity contribution in [3.8, 4) is 0 Å². The molecule has 0 amide bonds. The third kappa shape index (κ3) is 1.95. The fourth-order valence-corrected chi connectivity index (χ4v) is 1.46. The van der Waals surface area contributed by atoms with E-state index >= 15 is 0 Å². The van der Waals surface area contributed by atoms with Crippen LogP contribution in [-0.4, -0.2) is 28.1 Å². The SMILES string of the molecule is CC(C)CCN1C=c2[nH]cnc2=NC1. The fourth-order valence-electron chi connectivity index (χ4n) is 1.46. The summed E-state index contributed by atoms with van der Waals surface area (Å²) in [5, 5.41) is 1.03. The molecule has 0 spiro atoms. The molecule has 1 aliphatic heterocycles. The third-order valence-electron chi connectivity index (χ3n) is 2.36. The molecule has 0 saturated carbocycles. The molecule has 4 nitrogen and oxygen atoms in total. The van der Waals surface area contributed by atoms with E-state index in [2.05, 4.69) is 39.9 Å². The van der Waals surface area contributed by atoms with E-state index in [1.54, 1.807) is 6.33 Å². The van der Waals surface area contributed by atoms with Gasteiger partial charge in [0, 0.05) is 12.7 Å². The van der Waals surface area contributed by atoms with Gasteiger partial charge in [0.1, 0.15) is 12.0 Å². The lowest BCUT2D eigenvalue weighted by Gasteiger charge is -2.20. The highest BCUT2D eigenvalue weighted by Crippen LogP contribution is 2.02. The Morgan fingerprint density at radius 3 is 3.21 bits per heavy atom. The van der Waals surface area contributed by atoms with Crippen molar-refractivity contribution in [3.63, 3.8) is 0 Å². The molecule has 0 fully saturated rings. The molecule has 1 N–H and O–H groups in total. The molecule has 76 valence electrons. The summed E-state index contributed by atoms with van der Waals surface area (Å²) in [4.78, 5) is 13.8. The molecule has 0 saturated heterocycles. The zero-order chi connectivity index (χ0) is 9.97. The van der Waals surface area contributed by atoms with E-state index in [0.29, 0.717) is 0 Å². The van der Waals surface area contributed by atoms with E-state index < -0.39 is 0 Å². The molecule has 4 heteroatoms. The molecule has 1 aromatic rings. The molecule has 0 aromatic carbocycles. The number of hydrogen-bond acceptors (Lipinski definition) is 3. The summed E-state index contributed by atoms with van der Waals surface area (Å²) in [5.74, 6) is 0.742. The van der Waals surface area contributed by atoms with Crippen LogP contribution in [0.5, 0.6) is 0 Å². The van der Waals surface area contributed by atoms with Crippen molar-refractivity contribution in [1.29, 1.82) is 0 Å². The molecule has 0 bridgehead atoms. The monoisotopic (exact) mass is 192 g/mol. The van der Waals surface area contributed by atoms with Gasteiger partial charge in [0.15, 0.2) is 5.49 Å². The largest absolute Gasteiger partial charge is 0.356 e. The van der Waals surface area contributed by atoms with E-state index in [1.807, 2.05) is 0 Å². The number of aromatic amines is 1. The lowest BCUT2D eigenvalue weighted by Crippen LogP contribution is -2.36. The summed E-state index contributed by atoms with van der Waals surface area (Å²) in [7, 11) is 0. The van der Waals surface area contributed by atoms with Gasteiger partial charge in [0.05, 0.1) is 6.33 Å². The van der Waals surface area contributed by atoms with Crippen LogP contribution < -0.4 is 10.8 Å². The van der Waals surface area contributed by atoms with Gasteiger partial charge >= 0.3 is 0 Å². The van der Waals surface area contributed by atoms with E-state index in [1.165, 1.54) is 6.42 Å². The highest BCUT2D eigenvalue weighted by atomic mass is 15.2. The highest BCUT2D eigenvalue weighted by molar-refractivity contribution is 5.16. The van der Waals surface area contributed by atoms with Gasteiger partial charge in [-0.25, -0.2) is 9.98 Å². The van der Waals surface area contributed by atoms with Gasteiger partial charge in [-0.05, 0) is 12.3 Å². The van der Waals surface area contributed by atoms with Crippen molar-refractivity contribution in [2.45, 2.75) is 20.3 Å². The predicted molar refractivity (Wildman–Crippen MR) is 54.9 cm³/mol. The van der Waals surface area contributed by atoms with Gasteiger partial charge in [-0.15, -0.1) is 0 Å². The van der Waals surface area contributed by atoms with Crippen LogP contribution in [0.25, 0.3) is 6.20 Å². The molecule has 14 heavy (non-hydrogen) atoms. The second-order valence-corrected chi connectivity index (χ2v) is 4.06. The van der Waals surface area contributed by atoms with Crippen molar-refractivity contribution >= 4 is 6.20 Å². The van der Waals surface area contributed by atoms with Crippen molar-refractivity contribution in [2.24, 2.45) is 10.9 Å². The molecular weight excluding hydrogens is 176 g/mol. The Morgan fingerprint density at radius 1 is 1.57 bits per heavy atom. The first-order valence-electron chi connectivity index (χ1n) is 5.05. The summed E-state index contributed by atoms with van der Waals surface area (Å²) in [6.45, 7) is 6.29. The number of nitrogens with one attached hydrogen (secondary N) is 1. The Labute approximate surface area is 83.4 Å². The van der Waals surface area contributed by atoms with Crippen LogP contribution >= 0.6 is 0 Å². The second kappa shape index (κ2) is 3.82. The average molecular weight is 192 g/mol. The van der Waals surface area contributed by atoms with Crippen LogP contribution in [0.2, 0.25) is 0 Å². The lowest BCUT2D eigenvalue weighted by molar-refractivity contribution is 0.374. The minimum Gasteiger partial charge on any atom is -0.356 e. The first kappa shape index (κ1) is 9.24. The normalized spacial score (nSPS) is 14.9. The average Bonchev–Trinajstić information content (AvgIpc) is 2.61. The maximum absolute atomic E-state index is 4.36. The summed E-state index contributed by atoms with van der Waals surface area (Å²) in [6, 6.07) is 0. The Morgan fingerprint density at radius 2 is 2.43 bits per heavy atom. The molecule has 0 unspecified atom stereocenters. The van der Waals surface area contributed by atoms with E-state index in [9.17, 15) is 0 Å². The van der Waals surface area contributed by atoms with E-state index in [-0.39, 0.29) is 0 Å². The molecular formula is C10H16N4. The second-order valence-electron chi connectivity index (χ2n) is 4.06. The maximum Gasteiger partial charge on any atom is 0.176 e. The fraction of sp³-hybridized carbons (Fsp3) is 0.600. The van der Waals surface area contributed by atoms with Crippen LogP contribution in [0.4, 0.5) is 0 Å². The van der Waals surface area contributed by atoms with Crippen molar-refractivity contribution < 1.29 is 0 Å². The number of hydrogen-bond donors (Lipinski definition) is 1. The minimum absolute atomic E-state index is 0.741. The van der Waals surface area contributed by atoms with E-state index in [0.717, 1.165) is 30.0 Å². The first-order chi connectivity index (χ1) is 6.75. The Bertz CT molecular complexity index is 404. The topological polar surface area (TPSA) is 44.3 Å². The number of H-pyrrole nitrogens is 1. The van der Waals surface area contributed by atoms with E-state index in [4.69, 9.17) is 0 Å². The number of nitrogens with zero attached hydrogens (tertiary/aromatic N) is 3. The van der Waals surface area contributed by atoms with Gasteiger partial charge in [0.2, 0.25) is 0 Å². The minimum atomic E-state index is 0.741. The molecule has 1 aliphatic rings. The van der Waals surface area contributed by atoms with Crippen LogP contribution in [0.15, 0.2) is 11.3 Å². The Hall–Kier alpha value is -1.32. The van der Waals surface area contributed by atoms with Gasteiger partial charge in [-0.1, -0.05) is 13.8 Å². The summed E-state index contributed by atoms with van der Waals surface area (Å²) in [5.41, 5.74) is 0.839. The van der Waals surface area contributed by atoms with Crippen molar-refractivity contribution in [2.75, 3.05) is 13.2 Å². The quantitative estimate of drug-likeness (QED) is 0.737. The molecule has 2 heterocycles. The molecule has 0 radical (unpaired) electrons. The first-order valence-corrected chi connectivity index (χ1v) is 5.05. The molecule has 1 aromatic heterocycles. The van der Waals surface area contributed by atoms with Crippen molar-refractivity contribution in [1.82, 2.24) is 14.9 Å². The Balaban J connectivity index is 2.06. The zero-order valence-electron chi connectivity index (χ0n) is 8.70. The van der Waals surface area contributed by atoms with Gasteiger partial charge in [-0.2, -0.15) is 0 Å². The van der Waals surface area contributed by atoms with Crippen LogP contribution in [-0.2, 0) is 0 Å². The number of aromatic nitrogens is 2. The molecule has 2 rings (SSSR count). The number of rotatable bonds is 3. The molecule has 0 atom stereocenters. The maximum atomic E-state index is 4.36. The lowest BCUT2D eigenvalue weighted by atomic mass is 10.1. The Kier molecular flexibility index (Phi) is 2.52. The van der Waals surface area contributed by atoms with Crippen LogP contribution in [0.3, 0.4) is 0 Å². The third-order valence-corrected chi connectivity index (χ3v) is 2.36. The predicted octanol–water partition coefficient (Wildman–Crippen LogP) is 0.0865. The van der Waals surface area contributed by atoms with Gasteiger partial charge < -0.3 is 9.88 Å². The smallest absolute Gasteiger partial charge is 0.176 e. The van der Waals surface area contributed by atoms with Gasteiger partial charge in [-0.3, -0.25) is 0 Å². The zero-order valence-corrected chi connectivity index (χ0v) is 8.70. The highest BCUT2D eigenvalue weighted by Gasteiger charge is 2.05. The van der Waals surface area contributed by atoms with Crippen LogP contribution in [0.1, 0.15) is 20.3 Å². The van der Waals surface area contributed by atoms with Crippen LogP contribution in [0, 0.1) is 5.92 Å². The van der Waals surface area contributed by atoms with Crippen molar-refractivity contribution in [3.05, 3.63) is 17.2 Å². The van der Waals surface area contributed by atoms with Gasteiger partial charge in [0.25, 0.3) is 0 Å².